The number of likely N-dealkylation sites (tertiary alicyclic amines) is 1. The zero-order valence-electron chi connectivity index (χ0n) is 15.6. The van der Waals surface area contributed by atoms with Crippen LogP contribution >= 0.6 is 0 Å². The van der Waals surface area contributed by atoms with Gasteiger partial charge in [-0.15, -0.1) is 0 Å². The van der Waals surface area contributed by atoms with Crippen LogP contribution in [0.5, 0.6) is 0 Å². The third kappa shape index (κ3) is 4.47. The van der Waals surface area contributed by atoms with Crippen LogP contribution in [-0.2, 0) is 6.18 Å². The molecule has 1 fully saturated rings. The summed E-state index contributed by atoms with van der Waals surface area (Å²) in [7, 11) is 1.99. The first-order valence-electron chi connectivity index (χ1n) is 9.23. The molecule has 3 rings (SSSR count). The van der Waals surface area contributed by atoms with E-state index >= 15 is 0 Å². The van der Waals surface area contributed by atoms with E-state index in [2.05, 4.69) is 4.90 Å². The molecule has 2 aromatic rings. The van der Waals surface area contributed by atoms with Crippen molar-refractivity contribution in [2.24, 2.45) is 0 Å². The first kappa shape index (κ1) is 20.2. The summed E-state index contributed by atoms with van der Waals surface area (Å²) in [6.45, 7) is 1.13. The van der Waals surface area contributed by atoms with Crippen molar-refractivity contribution in [1.82, 2.24) is 4.90 Å². The van der Waals surface area contributed by atoms with Crippen molar-refractivity contribution in [1.29, 1.82) is 0 Å². The molecule has 28 heavy (non-hydrogen) atoms. The summed E-state index contributed by atoms with van der Waals surface area (Å²) in [5.41, 5.74) is 0.135. The molecule has 0 radical (unpaired) electrons. The molecule has 1 saturated heterocycles. The molecular weight excluding hydrogens is 369 g/mol. The Balaban J connectivity index is 1.98. The SMILES string of the molecule is CN1CCCC1CCN(C(=O)[O-])c1ccc(C(F)(F)F)cc1-c1ccccc1. The number of hydrogen-bond donors (Lipinski definition) is 0. The van der Waals surface area contributed by atoms with Gasteiger partial charge in [-0.05, 0) is 56.6 Å². The van der Waals surface area contributed by atoms with Crippen LogP contribution in [0.15, 0.2) is 48.5 Å². The molecule has 1 atom stereocenters. The summed E-state index contributed by atoms with van der Waals surface area (Å²) < 4.78 is 39.7. The highest BCUT2D eigenvalue weighted by Crippen LogP contribution is 2.38. The van der Waals surface area contributed by atoms with Crippen LogP contribution in [0.25, 0.3) is 11.1 Å². The van der Waals surface area contributed by atoms with Crippen LogP contribution in [0.4, 0.5) is 23.7 Å². The summed E-state index contributed by atoms with van der Waals surface area (Å²) in [6, 6.07) is 11.9. The quantitative estimate of drug-likeness (QED) is 0.774. The maximum atomic E-state index is 13.2. The minimum atomic E-state index is -4.51. The van der Waals surface area contributed by atoms with Gasteiger partial charge in [0.2, 0.25) is 0 Å². The number of benzene rings is 2. The van der Waals surface area contributed by atoms with Gasteiger partial charge < -0.3 is 19.7 Å². The number of nitrogens with zero attached hydrogens (tertiary/aromatic N) is 2. The van der Waals surface area contributed by atoms with E-state index in [1.165, 1.54) is 6.07 Å². The normalized spacial score (nSPS) is 17.6. The highest BCUT2D eigenvalue weighted by atomic mass is 19.4. The van der Waals surface area contributed by atoms with Crippen LogP contribution in [0.1, 0.15) is 24.8 Å². The molecule has 0 saturated carbocycles. The van der Waals surface area contributed by atoms with Gasteiger partial charge in [-0.2, -0.15) is 13.2 Å². The van der Waals surface area contributed by atoms with Gasteiger partial charge in [0.15, 0.2) is 0 Å². The lowest BCUT2D eigenvalue weighted by molar-refractivity contribution is -0.246. The van der Waals surface area contributed by atoms with Gasteiger partial charge in [0, 0.05) is 23.8 Å². The number of alkyl halides is 3. The molecule has 1 amide bonds. The van der Waals surface area contributed by atoms with E-state index in [-0.39, 0.29) is 23.8 Å². The summed E-state index contributed by atoms with van der Waals surface area (Å²) >= 11 is 0. The lowest BCUT2D eigenvalue weighted by atomic mass is 9.99. The van der Waals surface area contributed by atoms with Gasteiger partial charge in [-0.25, -0.2) is 0 Å². The zero-order valence-corrected chi connectivity index (χ0v) is 15.6. The topological polar surface area (TPSA) is 46.6 Å². The number of hydrogen-bond acceptors (Lipinski definition) is 3. The molecule has 2 aromatic carbocycles. The Bertz CT molecular complexity index is 824. The zero-order chi connectivity index (χ0) is 20.3. The van der Waals surface area contributed by atoms with E-state index in [0.29, 0.717) is 12.0 Å². The van der Waals surface area contributed by atoms with Crippen LogP contribution in [0, 0.1) is 0 Å². The molecule has 1 heterocycles. The second-order valence-electron chi connectivity index (χ2n) is 7.08. The molecule has 0 aliphatic carbocycles. The molecule has 1 unspecified atom stereocenters. The van der Waals surface area contributed by atoms with E-state index in [1.807, 2.05) is 7.05 Å². The molecule has 0 aromatic heterocycles. The lowest BCUT2D eigenvalue weighted by Gasteiger charge is -2.30. The van der Waals surface area contributed by atoms with Crippen LogP contribution in [-0.4, -0.2) is 37.2 Å². The lowest BCUT2D eigenvalue weighted by Crippen LogP contribution is -2.43. The Labute approximate surface area is 162 Å². The van der Waals surface area contributed by atoms with Crippen molar-refractivity contribution in [3.63, 3.8) is 0 Å². The highest BCUT2D eigenvalue weighted by Gasteiger charge is 2.32. The molecule has 1 aliphatic heterocycles. The molecule has 7 heteroatoms. The Hall–Kier alpha value is -2.54. The molecule has 0 bridgehead atoms. The number of halogens is 3. The standard InChI is InChI=1S/C21H23F3N2O2/c1-25-12-5-8-17(25)11-13-26(20(27)28)19-10-9-16(21(22,23)24)14-18(19)15-6-3-2-4-7-15/h2-4,6-7,9-10,14,17H,5,8,11-13H2,1H3,(H,27,28)/p-1. The number of carbonyl (C=O) groups excluding carboxylic acids is 1. The van der Waals surface area contributed by atoms with Crippen LogP contribution in [0.2, 0.25) is 0 Å². The summed E-state index contributed by atoms with van der Waals surface area (Å²) in [5, 5.41) is 11.8. The maximum absolute atomic E-state index is 13.2. The van der Waals surface area contributed by atoms with E-state index in [1.54, 1.807) is 30.3 Å². The van der Waals surface area contributed by atoms with Crippen molar-refractivity contribution >= 4 is 11.8 Å². The van der Waals surface area contributed by atoms with Crippen LogP contribution < -0.4 is 10.0 Å². The van der Waals surface area contributed by atoms with E-state index in [4.69, 9.17) is 0 Å². The predicted octanol–water partition coefficient (Wildman–Crippen LogP) is 4.01. The largest absolute Gasteiger partial charge is 0.530 e. The second kappa shape index (κ2) is 8.22. The van der Waals surface area contributed by atoms with Gasteiger partial charge in [-0.3, -0.25) is 0 Å². The average molecular weight is 391 g/mol. The third-order valence-corrected chi connectivity index (χ3v) is 5.28. The first-order valence-corrected chi connectivity index (χ1v) is 9.23. The van der Waals surface area contributed by atoms with E-state index in [0.717, 1.165) is 36.4 Å². The Morgan fingerprint density at radius 1 is 1.21 bits per heavy atom. The third-order valence-electron chi connectivity index (χ3n) is 5.28. The summed E-state index contributed by atoms with van der Waals surface area (Å²) in [5.74, 6) is 0. The predicted molar refractivity (Wildman–Crippen MR) is 99.9 cm³/mol. The van der Waals surface area contributed by atoms with Crippen molar-refractivity contribution in [2.45, 2.75) is 31.5 Å². The Morgan fingerprint density at radius 3 is 2.50 bits per heavy atom. The van der Waals surface area contributed by atoms with Crippen molar-refractivity contribution in [2.75, 3.05) is 25.0 Å². The summed E-state index contributed by atoms with van der Waals surface area (Å²) in [6.07, 6.45) is -3.30. The number of carboxylic acid groups (broad SMARTS) is 1. The molecule has 4 nitrogen and oxygen atoms in total. The smallest absolute Gasteiger partial charge is 0.416 e. The second-order valence-corrected chi connectivity index (χ2v) is 7.08. The van der Waals surface area contributed by atoms with Crippen molar-refractivity contribution < 1.29 is 23.1 Å². The van der Waals surface area contributed by atoms with Gasteiger partial charge in [0.1, 0.15) is 6.09 Å². The molecule has 0 N–H and O–H groups in total. The number of rotatable bonds is 5. The van der Waals surface area contributed by atoms with Gasteiger partial charge in [0.25, 0.3) is 0 Å². The minimum absolute atomic E-state index is 0.169. The monoisotopic (exact) mass is 391 g/mol. The number of anilines is 1. The summed E-state index contributed by atoms with van der Waals surface area (Å²) in [4.78, 5) is 15.1. The van der Waals surface area contributed by atoms with E-state index in [9.17, 15) is 23.1 Å². The van der Waals surface area contributed by atoms with Crippen molar-refractivity contribution in [3.8, 4) is 11.1 Å². The highest BCUT2D eigenvalue weighted by molar-refractivity contribution is 5.92. The average Bonchev–Trinajstić information content (AvgIpc) is 3.06. The molecule has 150 valence electrons. The molecule has 0 spiro atoms. The number of amides is 1. The molecular formula is C21H22F3N2O2-. The van der Waals surface area contributed by atoms with Gasteiger partial charge in [0.05, 0.1) is 5.56 Å². The fourth-order valence-electron chi connectivity index (χ4n) is 3.73. The van der Waals surface area contributed by atoms with E-state index < -0.39 is 17.8 Å². The van der Waals surface area contributed by atoms with Gasteiger partial charge in [-0.1, -0.05) is 30.3 Å². The minimum Gasteiger partial charge on any atom is -0.530 e. The Morgan fingerprint density at radius 2 is 1.93 bits per heavy atom. The number of carbonyl (C=O) groups is 1. The fourth-order valence-corrected chi connectivity index (χ4v) is 3.73. The van der Waals surface area contributed by atoms with Crippen molar-refractivity contribution in [3.05, 3.63) is 54.1 Å². The van der Waals surface area contributed by atoms with Gasteiger partial charge >= 0.3 is 6.18 Å². The van der Waals surface area contributed by atoms with Crippen LogP contribution in [0.3, 0.4) is 0 Å². The Kier molecular flexibility index (Phi) is 5.93. The maximum Gasteiger partial charge on any atom is 0.416 e. The molecule has 1 aliphatic rings. The first-order chi connectivity index (χ1) is 13.3. The fraction of sp³-hybridized carbons (Fsp3) is 0.381.